The quantitative estimate of drug-likeness (QED) is 0.470. The molecule has 4 heteroatoms. The van der Waals surface area contributed by atoms with Gasteiger partial charge in [-0.2, -0.15) is 0 Å². The molecule has 0 saturated carbocycles. The highest BCUT2D eigenvalue weighted by Crippen LogP contribution is 2.22. The fourth-order valence-electron chi connectivity index (χ4n) is 2.77. The molecule has 2 aromatic heterocycles. The van der Waals surface area contributed by atoms with Crippen molar-refractivity contribution in [2.75, 3.05) is 6.26 Å². The molecule has 25 heavy (non-hydrogen) atoms. The standard InChI is InChI=1S/C21H17N3S/c1-25-17-12-9-16(10-13-17)11-14-21-23-18-6-2-3-7-19(18)24(21)20-8-4-5-15-22-20/h2-15H,1H3/b14-11+. The molecule has 0 aliphatic carbocycles. The molecule has 0 fully saturated rings. The molecule has 0 aliphatic rings. The van der Waals surface area contributed by atoms with E-state index in [1.54, 1.807) is 18.0 Å². The SMILES string of the molecule is CSc1ccc(/C=C/c2nc3ccccc3n2-c2ccccn2)cc1. The number of hydrogen-bond donors (Lipinski definition) is 0. The van der Waals surface area contributed by atoms with Crippen LogP contribution in [0.25, 0.3) is 29.0 Å². The van der Waals surface area contributed by atoms with Gasteiger partial charge in [-0.25, -0.2) is 9.97 Å². The van der Waals surface area contributed by atoms with Crippen LogP contribution in [0.1, 0.15) is 11.4 Å². The number of aromatic nitrogens is 3. The Labute approximate surface area is 151 Å². The van der Waals surface area contributed by atoms with Crippen LogP contribution in [0.3, 0.4) is 0 Å². The maximum atomic E-state index is 4.77. The molecule has 0 saturated heterocycles. The number of fused-ring (bicyclic) bond motifs is 1. The van der Waals surface area contributed by atoms with Crippen molar-refractivity contribution in [2.45, 2.75) is 4.90 Å². The Bertz CT molecular complexity index is 1020. The Morgan fingerprint density at radius 1 is 0.880 bits per heavy atom. The lowest BCUT2D eigenvalue weighted by molar-refractivity contribution is 1.01. The summed E-state index contributed by atoms with van der Waals surface area (Å²) in [6.07, 6.45) is 8.02. The van der Waals surface area contributed by atoms with E-state index in [-0.39, 0.29) is 0 Å². The molecular weight excluding hydrogens is 326 g/mol. The van der Waals surface area contributed by atoms with Crippen LogP contribution in [0.5, 0.6) is 0 Å². The summed E-state index contributed by atoms with van der Waals surface area (Å²) in [5.41, 5.74) is 3.17. The lowest BCUT2D eigenvalue weighted by Crippen LogP contribution is -1.99. The first-order valence-corrected chi connectivity index (χ1v) is 9.29. The molecule has 0 unspecified atom stereocenters. The van der Waals surface area contributed by atoms with E-state index in [2.05, 4.69) is 52.2 Å². The van der Waals surface area contributed by atoms with Gasteiger partial charge in [-0.05, 0) is 54.3 Å². The largest absolute Gasteiger partial charge is 0.277 e. The summed E-state index contributed by atoms with van der Waals surface area (Å²) in [4.78, 5) is 10.5. The number of imidazole rings is 1. The summed E-state index contributed by atoms with van der Waals surface area (Å²) < 4.78 is 2.09. The van der Waals surface area contributed by atoms with Crippen molar-refractivity contribution < 1.29 is 0 Å². The van der Waals surface area contributed by atoms with Crippen LogP contribution in [-0.4, -0.2) is 20.8 Å². The second-order valence-electron chi connectivity index (χ2n) is 5.59. The molecule has 0 amide bonds. The van der Waals surface area contributed by atoms with Crippen LogP contribution in [0.2, 0.25) is 0 Å². The Hall–Kier alpha value is -2.85. The molecular formula is C21H17N3S. The lowest BCUT2D eigenvalue weighted by atomic mass is 10.2. The maximum absolute atomic E-state index is 4.77. The van der Waals surface area contributed by atoms with Crippen molar-refractivity contribution in [2.24, 2.45) is 0 Å². The highest BCUT2D eigenvalue weighted by Gasteiger charge is 2.10. The average Bonchev–Trinajstić information content (AvgIpc) is 3.06. The van der Waals surface area contributed by atoms with Gasteiger partial charge in [-0.15, -0.1) is 11.8 Å². The molecule has 2 heterocycles. The topological polar surface area (TPSA) is 30.7 Å². The van der Waals surface area contributed by atoms with E-state index in [1.165, 1.54) is 4.90 Å². The minimum Gasteiger partial charge on any atom is -0.277 e. The van der Waals surface area contributed by atoms with E-state index in [1.807, 2.05) is 42.5 Å². The predicted octanol–water partition coefficient (Wildman–Crippen LogP) is 5.31. The minimum atomic E-state index is 0.869. The molecule has 4 aromatic rings. The summed E-state index contributed by atoms with van der Waals surface area (Å²) in [6.45, 7) is 0. The Morgan fingerprint density at radius 2 is 1.68 bits per heavy atom. The third kappa shape index (κ3) is 3.21. The summed E-state index contributed by atoms with van der Waals surface area (Å²) in [7, 11) is 0. The summed E-state index contributed by atoms with van der Waals surface area (Å²) in [5.74, 6) is 1.74. The monoisotopic (exact) mass is 343 g/mol. The first-order chi connectivity index (χ1) is 12.3. The van der Waals surface area contributed by atoms with Gasteiger partial charge in [0.05, 0.1) is 11.0 Å². The molecule has 0 N–H and O–H groups in total. The van der Waals surface area contributed by atoms with Crippen LogP contribution in [0, 0.1) is 0 Å². The first kappa shape index (κ1) is 15.7. The van der Waals surface area contributed by atoms with Gasteiger partial charge in [-0.1, -0.05) is 36.4 Å². The van der Waals surface area contributed by atoms with E-state index in [0.29, 0.717) is 0 Å². The van der Waals surface area contributed by atoms with Crippen LogP contribution < -0.4 is 0 Å². The number of thioether (sulfide) groups is 1. The van der Waals surface area contributed by atoms with Crippen LogP contribution in [0.4, 0.5) is 0 Å². The molecule has 0 radical (unpaired) electrons. The van der Waals surface area contributed by atoms with E-state index in [0.717, 1.165) is 28.2 Å². The highest BCUT2D eigenvalue weighted by atomic mass is 32.2. The zero-order chi connectivity index (χ0) is 17.1. The Morgan fingerprint density at radius 3 is 2.44 bits per heavy atom. The van der Waals surface area contributed by atoms with Crippen LogP contribution in [0.15, 0.2) is 77.8 Å². The molecule has 0 bridgehead atoms. The third-order valence-electron chi connectivity index (χ3n) is 4.01. The third-order valence-corrected chi connectivity index (χ3v) is 4.75. The highest BCUT2D eigenvalue weighted by molar-refractivity contribution is 7.98. The van der Waals surface area contributed by atoms with Gasteiger partial charge in [0.25, 0.3) is 0 Å². The van der Waals surface area contributed by atoms with Crippen LogP contribution in [-0.2, 0) is 0 Å². The fraction of sp³-hybridized carbons (Fsp3) is 0.0476. The van der Waals surface area contributed by atoms with Crippen molar-refractivity contribution in [3.63, 3.8) is 0 Å². The van der Waals surface area contributed by atoms with Crippen LogP contribution >= 0.6 is 11.8 Å². The summed E-state index contributed by atoms with van der Waals surface area (Å²) in [5, 5.41) is 0. The van der Waals surface area contributed by atoms with Gasteiger partial charge in [0.2, 0.25) is 0 Å². The number of benzene rings is 2. The van der Waals surface area contributed by atoms with Crippen molar-refractivity contribution in [1.82, 2.24) is 14.5 Å². The average molecular weight is 343 g/mol. The Balaban J connectivity index is 1.79. The molecule has 0 aliphatic heterocycles. The number of para-hydroxylation sites is 2. The molecule has 122 valence electrons. The zero-order valence-electron chi connectivity index (χ0n) is 13.8. The number of pyridine rings is 1. The smallest absolute Gasteiger partial charge is 0.139 e. The molecule has 4 rings (SSSR count). The van der Waals surface area contributed by atoms with E-state index >= 15 is 0 Å². The number of hydrogen-bond acceptors (Lipinski definition) is 3. The van der Waals surface area contributed by atoms with Gasteiger partial charge in [0, 0.05) is 11.1 Å². The van der Waals surface area contributed by atoms with Crippen molar-refractivity contribution in [3.8, 4) is 5.82 Å². The maximum Gasteiger partial charge on any atom is 0.139 e. The number of nitrogens with zero attached hydrogens (tertiary/aromatic N) is 3. The minimum absolute atomic E-state index is 0.869. The molecule has 0 spiro atoms. The van der Waals surface area contributed by atoms with Gasteiger partial charge in [-0.3, -0.25) is 4.57 Å². The fourth-order valence-corrected chi connectivity index (χ4v) is 3.18. The van der Waals surface area contributed by atoms with Gasteiger partial charge < -0.3 is 0 Å². The number of rotatable bonds is 4. The molecule has 3 nitrogen and oxygen atoms in total. The van der Waals surface area contributed by atoms with Gasteiger partial charge in [0.15, 0.2) is 0 Å². The lowest BCUT2D eigenvalue weighted by Gasteiger charge is -2.05. The first-order valence-electron chi connectivity index (χ1n) is 8.06. The van der Waals surface area contributed by atoms with Crippen molar-refractivity contribution >= 4 is 34.9 Å². The molecule has 2 aromatic carbocycles. The second-order valence-corrected chi connectivity index (χ2v) is 6.47. The van der Waals surface area contributed by atoms with E-state index in [4.69, 9.17) is 4.98 Å². The Kier molecular flexibility index (Phi) is 4.36. The van der Waals surface area contributed by atoms with Crippen molar-refractivity contribution in [3.05, 3.63) is 84.3 Å². The zero-order valence-corrected chi connectivity index (χ0v) is 14.6. The second kappa shape index (κ2) is 6.95. The molecule has 0 atom stereocenters. The van der Waals surface area contributed by atoms with Gasteiger partial charge in [0.1, 0.15) is 11.6 Å². The predicted molar refractivity (Wildman–Crippen MR) is 106 cm³/mol. The normalized spacial score (nSPS) is 11.4. The van der Waals surface area contributed by atoms with E-state index < -0.39 is 0 Å². The van der Waals surface area contributed by atoms with Crippen molar-refractivity contribution in [1.29, 1.82) is 0 Å². The summed E-state index contributed by atoms with van der Waals surface area (Å²) in [6, 6.07) is 22.5. The summed E-state index contributed by atoms with van der Waals surface area (Å²) >= 11 is 1.75. The van der Waals surface area contributed by atoms with E-state index in [9.17, 15) is 0 Å². The van der Waals surface area contributed by atoms with Gasteiger partial charge >= 0.3 is 0 Å².